The molecular weight excluding hydrogens is 839 g/mol. The van der Waals surface area contributed by atoms with Gasteiger partial charge in [0.25, 0.3) is 0 Å². The Bertz CT molecular complexity index is 1100. The van der Waals surface area contributed by atoms with Crippen LogP contribution in [0.3, 0.4) is 0 Å². The monoisotopic (exact) mass is 956 g/mol. The minimum atomic E-state index is -0.847. The van der Waals surface area contributed by atoms with E-state index in [4.69, 9.17) is 4.74 Å². The lowest BCUT2D eigenvalue weighted by Crippen LogP contribution is -2.45. The van der Waals surface area contributed by atoms with Gasteiger partial charge in [0.05, 0.1) is 25.4 Å². The molecule has 0 aliphatic rings. The zero-order chi connectivity index (χ0) is 49.3. The van der Waals surface area contributed by atoms with Gasteiger partial charge in [0, 0.05) is 12.8 Å². The molecule has 0 aliphatic carbocycles. The summed E-state index contributed by atoms with van der Waals surface area (Å²) in [6.45, 7) is 4.88. The molecule has 0 rings (SSSR count). The van der Waals surface area contributed by atoms with E-state index in [1.807, 2.05) is 6.08 Å². The number of carbonyl (C=O) groups is 2. The third kappa shape index (κ3) is 53.4. The molecule has 68 heavy (non-hydrogen) atoms. The Labute approximate surface area is 424 Å². The number of allylic oxidation sites excluding steroid dienone is 5. The third-order valence-corrected chi connectivity index (χ3v) is 13.9. The smallest absolute Gasteiger partial charge is 0.305 e. The molecule has 0 radical (unpaired) electrons. The minimum Gasteiger partial charge on any atom is -0.466 e. The van der Waals surface area contributed by atoms with Crippen molar-refractivity contribution in [1.29, 1.82) is 0 Å². The van der Waals surface area contributed by atoms with Crippen LogP contribution < -0.4 is 5.32 Å². The predicted octanol–water partition coefficient (Wildman–Crippen LogP) is 18.8. The number of hydrogen-bond acceptors (Lipinski definition) is 5. The molecular formula is C62H117NO5. The van der Waals surface area contributed by atoms with Crippen LogP contribution in [-0.2, 0) is 14.3 Å². The van der Waals surface area contributed by atoms with E-state index in [1.54, 1.807) is 6.08 Å². The molecule has 0 aliphatic heterocycles. The predicted molar refractivity (Wildman–Crippen MR) is 296 cm³/mol. The number of aliphatic hydroxyl groups is 2. The average molecular weight is 957 g/mol. The van der Waals surface area contributed by atoms with E-state index in [2.05, 4.69) is 43.5 Å². The maximum absolute atomic E-state index is 12.5. The first-order valence-electron chi connectivity index (χ1n) is 30.3. The van der Waals surface area contributed by atoms with Crippen LogP contribution in [0.25, 0.3) is 0 Å². The highest BCUT2D eigenvalue weighted by molar-refractivity contribution is 5.76. The van der Waals surface area contributed by atoms with E-state index >= 15 is 0 Å². The minimum absolute atomic E-state index is 0.00567. The number of rotatable bonds is 56. The number of nitrogens with one attached hydrogen (secondary N) is 1. The Morgan fingerprint density at radius 3 is 1.15 bits per heavy atom. The highest BCUT2D eigenvalue weighted by Gasteiger charge is 2.18. The van der Waals surface area contributed by atoms with Crippen molar-refractivity contribution in [3.63, 3.8) is 0 Å². The van der Waals surface area contributed by atoms with Crippen LogP contribution in [-0.4, -0.2) is 47.4 Å². The van der Waals surface area contributed by atoms with E-state index < -0.39 is 12.1 Å². The Morgan fingerprint density at radius 2 is 0.735 bits per heavy atom. The fourth-order valence-electron chi connectivity index (χ4n) is 9.25. The van der Waals surface area contributed by atoms with E-state index in [-0.39, 0.29) is 18.5 Å². The second-order valence-electron chi connectivity index (χ2n) is 20.7. The molecule has 0 fully saturated rings. The van der Waals surface area contributed by atoms with Gasteiger partial charge in [0.2, 0.25) is 5.91 Å². The summed E-state index contributed by atoms with van der Waals surface area (Å²) in [5.41, 5.74) is 0. The summed E-state index contributed by atoms with van der Waals surface area (Å²) < 4.78 is 5.47. The Hall–Kier alpha value is -1.92. The van der Waals surface area contributed by atoms with Gasteiger partial charge >= 0.3 is 5.97 Å². The van der Waals surface area contributed by atoms with Gasteiger partial charge in [-0.25, -0.2) is 0 Å². The van der Waals surface area contributed by atoms with Crippen LogP contribution in [0.4, 0.5) is 0 Å². The standard InChI is InChI=1S/C62H117NO5/c1-3-5-7-9-11-13-15-17-19-23-27-30-34-38-42-46-50-54-60(65)59(58-64)63-61(66)55-51-47-43-39-35-31-28-24-21-20-22-25-29-33-37-41-45-49-53-57-68-62(67)56-52-48-44-40-36-32-26-18-16-14-12-10-8-6-4-2/h12,14,18,26,50,54,59-60,64-65H,3-11,13,15-17,19-25,27-49,51-53,55-58H2,1-2H3,(H,63,66)/b14-12-,26-18-,54-50+. The number of hydrogen-bond donors (Lipinski definition) is 3. The van der Waals surface area contributed by atoms with Gasteiger partial charge in [0.1, 0.15) is 0 Å². The maximum Gasteiger partial charge on any atom is 0.305 e. The third-order valence-electron chi connectivity index (χ3n) is 13.9. The molecule has 2 unspecified atom stereocenters. The molecule has 6 nitrogen and oxygen atoms in total. The average Bonchev–Trinajstić information content (AvgIpc) is 3.34. The van der Waals surface area contributed by atoms with E-state index in [0.29, 0.717) is 19.4 Å². The highest BCUT2D eigenvalue weighted by atomic mass is 16.5. The largest absolute Gasteiger partial charge is 0.466 e. The molecule has 0 aromatic carbocycles. The summed E-state index contributed by atoms with van der Waals surface area (Å²) in [6, 6.07) is -0.631. The first-order valence-corrected chi connectivity index (χ1v) is 30.3. The molecule has 0 spiro atoms. The van der Waals surface area contributed by atoms with Gasteiger partial charge in [-0.3, -0.25) is 9.59 Å². The van der Waals surface area contributed by atoms with Crippen molar-refractivity contribution < 1.29 is 24.5 Å². The number of ether oxygens (including phenoxy) is 1. The maximum atomic E-state index is 12.5. The van der Waals surface area contributed by atoms with Crippen LogP contribution in [0.5, 0.6) is 0 Å². The zero-order valence-corrected chi connectivity index (χ0v) is 45.6. The molecule has 0 heterocycles. The fraction of sp³-hybridized carbons (Fsp3) is 0.871. The second-order valence-corrected chi connectivity index (χ2v) is 20.7. The number of aliphatic hydroxyl groups excluding tert-OH is 2. The molecule has 1 amide bonds. The number of unbranched alkanes of at least 4 members (excludes halogenated alkanes) is 41. The van der Waals surface area contributed by atoms with Crippen LogP contribution in [0.15, 0.2) is 36.5 Å². The molecule has 400 valence electrons. The normalized spacial score (nSPS) is 12.8. The number of carbonyl (C=O) groups excluding carboxylic acids is 2. The summed E-state index contributed by atoms with van der Waals surface area (Å²) in [4.78, 5) is 24.5. The summed E-state index contributed by atoms with van der Waals surface area (Å²) in [5.74, 6) is -0.0753. The quantitative estimate of drug-likeness (QED) is 0.0321. The van der Waals surface area contributed by atoms with Crippen molar-refractivity contribution in [2.45, 2.75) is 334 Å². The molecule has 0 saturated carbocycles. The van der Waals surface area contributed by atoms with Gasteiger partial charge < -0.3 is 20.3 Å². The van der Waals surface area contributed by atoms with Gasteiger partial charge in [-0.1, -0.05) is 281 Å². The topological polar surface area (TPSA) is 95.9 Å². The Morgan fingerprint density at radius 1 is 0.412 bits per heavy atom. The van der Waals surface area contributed by atoms with Crippen molar-refractivity contribution >= 4 is 11.9 Å². The van der Waals surface area contributed by atoms with Crippen molar-refractivity contribution in [3.8, 4) is 0 Å². The van der Waals surface area contributed by atoms with Crippen LogP contribution in [0, 0.1) is 0 Å². The van der Waals surface area contributed by atoms with Crippen LogP contribution in [0.2, 0.25) is 0 Å². The van der Waals surface area contributed by atoms with Crippen molar-refractivity contribution in [2.75, 3.05) is 13.2 Å². The Balaban J connectivity index is 3.44. The fourth-order valence-corrected chi connectivity index (χ4v) is 9.25. The van der Waals surface area contributed by atoms with Crippen molar-refractivity contribution in [3.05, 3.63) is 36.5 Å². The van der Waals surface area contributed by atoms with Gasteiger partial charge in [-0.15, -0.1) is 0 Å². The van der Waals surface area contributed by atoms with Gasteiger partial charge in [-0.2, -0.15) is 0 Å². The van der Waals surface area contributed by atoms with Crippen molar-refractivity contribution in [2.24, 2.45) is 0 Å². The molecule has 2 atom stereocenters. The Kier molecular flexibility index (Phi) is 56.0. The van der Waals surface area contributed by atoms with E-state index in [0.717, 1.165) is 51.4 Å². The van der Waals surface area contributed by atoms with Gasteiger partial charge in [-0.05, 0) is 64.2 Å². The molecule has 6 heteroatoms. The lowest BCUT2D eigenvalue weighted by molar-refractivity contribution is -0.143. The second kappa shape index (κ2) is 57.7. The van der Waals surface area contributed by atoms with Crippen LogP contribution in [0.1, 0.15) is 322 Å². The molecule has 0 aromatic rings. The SMILES string of the molecule is CCCCC/C=C\C/C=C\CCCCCCCC(=O)OCCCCCCCCCCCCCCCCCCCCCC(=O)NC(CO)C(O)/C=C/CCCCCCCCCCCCCCCCC. The lowest BCUT2D eigenvalue weighted by atomic mass is 10.0. The summed E-state index contributed by atoms with van der Waals surface area (Å²) in [7, 11) is 0. The lowest BCUT2D eigenvalue weighted by Gasteiger charge is -2.20. The highest BCUT2D eigenvalue weighted by Crippen LogP contribution is 2.17. The molecule has 0 aromatic heterocycles. The summed E-state index contributed by atoms with van der Waals surface area (Å²) >= 11 is 0. The zero-order valence-electron chi connectivity index (χ0n) is 45.6. The number of amides is 1. The number of esters is 1. The van der Waals surface area contributed by atoms with E-state index in [9.17, 15) is 19.8 Å². The molecule has 0 bridgehead atoms. The van der Waals surface area contributed by atoms with Crippen LogP contribution >= 0.6 is 0 Å². The molecule has 0 saturated heterocycles. The summed E-state index contributed by atoms with van der Waals surface area (Å²) in [6.07, 6.45) is 71.7. The van der Waals surface area contributed by atoms with Crippen molar-refractivity contribution in [1.82, 2.24) is 5.32 Å². The van der Waals surface area contributed by atoms with Gasteiger partial charge in [0.15, 0.2) is 0 Å². The first kappa shape index (κ1) is 66.1. The summed E-state index contributed by atoms with van der Waals surface area (Å²) in [5, 5.41) is 23.2. The first-order chi connectivity index (χ1) is 33.5. The van der Waals surface area contributed by atoms with E-state index in [1.165, 1.54) is 244 Å². The molecule has 3 N–H and O–H groups in total.